The second-order valence-electron chi connectivity index (χ2n) is 12.3. The molecule has 30 heavy (non-hydrogen) atoms. The van der Waals surface area contributed by atoms with E-state index in [4.69, 9.17) is 0 Å². The molecule has 0 aromatic rings. The highest BCUT2D eigenvalue weighted by Crippen LogP contribution is 2.67. The third kappa shape index (κ3) is 3.57. The van der Waals surface area contributed by atoms with E-state index in [0.717, 1.165) is 54.8 Å². The molecule has 8 atom stereocenters. The molecule has 0 aromatic heterocycles. The molecule has 3 saturated carbocycles. The Hall–Kier alpha value is -0.850. The van der Waals surface area contributed by atoms with Gasteiger partial charge in [0.1, 0.15) is 5.78 Å². The van der Waals surface area contributed by atoms with Crippen molar-refractivity contribution in [1.82, 2.24) is 0 Å². The smallest absolute Gasteiger partial charge is 0.136 e. The second kappa shape index (κ2) is 8.25. The SMILES string of the molecule is CC[C@H](C=C[C@@H](C)[C@H]1CC[C@H]2[C@@H]3CC=C4CC(=O)CC[C@]4(C)[C@@H]3CC[C@]12C)C(C)C. The van der Waals surface area contributed by atoms with Crippen LogP contribution < -0.4 is 0 Å². The highest BCUT2D eigenvalue weighted by molar-refractivity contribution is 5.82. The Kier molecular flexibility index (Phi) is 6.15. The first-order valence-corrected chi connectivity index (χ1v) is 13.1. The van der Waals surface area contributed by atoms with E-state index >= 15 is 0 Å². The van der Waals surface area contributed by atoms with Gasteiger partial charge in [0.05, 0.1) is 0 Å². The van der Waals surface area contributed by atoms with Crippen LogP contribution in [0.25, 0.3) is 0 Å². The minimum absolute atomic E-state index is 0.313. The summed E-state index contributed by atoms with van der Waals surface area (Å²) in [5.74, 6) is 6.04. The molecule has 0 amide bonds. The number of carbonyl (C=O) groups is 1. The van der Waals surface area contributed by atoms with Gasteiger partial charge in [-0.15, -0.1) is 0 Å². The topological polar surface area (TPSA) is 17.1 Å². The number of hydrogen-bond donors (Lipinski definition) is 0. The third-order valence-corrected chi connectivity index (χ3v) is 10.6. The van der Waals surface area contributed by atoms with Crippen LogP contribution in [0.15, 0.2) is 23.8 Å². The van der Waals surface area contributed by atoms with Gasteiger partial charge in [0.2, 0.25) is 0 Å². The Balaban J connectivity index is 1.53. The van der Waals surface area contributed by atoms with Gasteiger partial charge in [0.15, 0.2) is 0 Å². The standard InChI is InChI=1S/C29H46O/c1-7-21(19(2)3)9-8-20(4)25-12-13-26-24-11-10-22-18-23(30)14-16-28(22,5)27(24)15-17-29(25,26)6/h8-10,19-21,24-27H,7,11-18H2,1-6H3/t20-,21-,24+,25-,26+,27-,28+,29-/m1/s1. The van der Waals surface area contributed by atoms with E-state index in [1.807, 2.05) is 0 Å². The van der Waals surface area contributed by atoms with Crippen LogP contribution in [-0.2, 0) is 4.79 Å². The number of fused-ring (bicyclic) bond motifs is 5. The summed E-state index contributed by atoms with van der Waals surface area (Å²) in [6.07, 6.45) is 18.5. The van der Waals surface area contributed by atoms with Crippen LogP contribution in [0.1, 0.15) is 99.3 Å². The summed E-state index contributed by atoms with van der Waals surface area (Å²) >= 11 is 0. The molecular formula is C29H46O. The number of rotatable bonds is 5. The van der Waals surface area contributed by atoms with Crippen molar-refractivity contribution in [2.24, 2.45) is 52.3 Å². The lowest BCUT2D eigenvalue weighted by Gasteiger charge is -2.57. The molecule has 168 valence electrons. The van der Waals surface area contributed by atoms with Crippen LogP contribution in [0.2, 0.25) is 0 Å². The predicted molar refractivity (Wildman–Crippen MR) is 127 cm³/mol. The summed E-state index contributed by atoms with van der Waals surface area (Å²) in [5.41, 5.74) is 2.33. The molecule has 0 bridgehead atoms. The zero-order chi connectivity index (χ0) is 21.7. The van der Waals surface area contributed by atoms with E-state index in [1.165, 1.54) is 44.1 Å². The van der Waals surface area contributed by atoms with Crippen molar-refractivity contribution in [3.63, 3.8) is 0 Å². The van der Waals surface area contributed by atoms with Crippen molar-refractivity contribution >= 4 is 5.78 Å². The lowest BCUT2D eigenvalue weighted by molar-refractivity contribution is -0.122. The maximum Gasteiger partial charge on any atom is 0.136 e. The zero-order valence-corrected chi connectivity index (χ0v) is 20.5. The first-order chi connectivity index (χ1) is 14.2. The van der Waals surface area contributed by atoms with Gasteiger partial charge in [-0.25, -0.2) is 0 Å². The maximum absolute atomic E-state index is 12.1. The van der Waals surface area contributed by atoms with Gasteiger partial charge < -0.3 is 0 Å². The van der Waals surface area contributed by atoms with Crippen LogP contribution in [0.4, 0.5) is 0 Å². The molecule has 0 unspecified atom stereocenters. The maximum atomic E-state index is 12.1. The van der Waals surface area contributed by atoms with Crippen molar-refractivity contribution < 1.29 is 4.79 Å². The van der Waals surface area contributed by atoms with Gasteiger partial charge in [0, 0.05) is 12.8 Å². The first kappa shape index (κ1) is 22.3. The zero-order valence-electron chi connectivity index (χ0n) is 20.5. The van der Waals surface area contributed by atoms with Gasteiger partial charge >= 0.3 is 0 Å². The number of carbonyl (C=O) groups excluding carboxylic acids is 1. The molecule has 1 heteroatoms. The van der Waals surface area contributed by atoms with Gasteiger partial charge in [-0.05, 0) is 97.2 Å². The van der Waals surface area contributed by atoms with Crippen LogP contribution in [0, 0.1) is 52.3 Å². The first-order valence-electron chi connectivity index (χ1n) is 13.1. The number of ketones is 1. The van der Waals surface area contributed by atoms with E-state index in [2.05, 4.69) is 59.8 Å². The summed E-state index contributed by atoms with van der Waals surface area (Å²) in [5, 5.41) is 0. The molecule has 0 spiro atoms. The highest BCUT2D eigenvalue weighted by Gasteiger charge is 2.58. The van der Waals surface area contributed by atoms with Gasteiger partial charge in [-0.2, -0.15) is 0 Å². The third-order valence-electron chi connectivity index (χ3n) is 10.6. The molecule has 0 saturated heterocycles. The molecular weight excluding hydrogens is 364 g/mol. The Labute approximate surface area is 186 Å². The van der Waals surface area contributed by atoms with E-state index in [1.54, 1.807) is 0 Å². The van der Waals surface area contributed by atoms with Crippen molar-refractivity contribution in [3.8, 4) is 0 Å². The van der Waals surface area contributed by atoms with Crippen LogP contribution in [0.3, 0.4) is 0 Å². The molecule has 0 radical (unpaired) electrons. The number of hydrogen-bond acceptors (Lipinski definition) is 1. The Bertz CT molecular complexity index is 714. The minimum Gasteiger partial charge on any atom is -0.299 e. The molecule has 4 aliphatic carbocycles. The van der Waals surface area contributed by atoms with Crippen molar-refractivity contribution in [2.75, 3.05) is 0 Å². The minimum atomic E-state index is 0.313. The Morgan fingerprint density at radius 3 is 2.53 bits per heavy atom. The molecule has 0 N–H and O–H groups in total. The molecule has 4 rings (SSSR count). The van der Waals surface area contributed by atoms with E-state index in [0.29, 0.717) is 22.5 Å². The van der Waals surface area contributed by atoms with Gasteiger partial charge in [-0.3, -0.25) is 4.79 Å². The van der Waals surface area contributed by atoms with Crippen molar-refractivity contribution in [3.05, 3.63) is 23.8 Å². The largest absolute Gasteiger partial charge is 0.299 e. The number of allylic oxidation sites excluding steroid dienone is 4. The number of Topliss-reactive ketones (excluding diaryl/α,β-unsaturated/α-hetero) is 1. The summed E-state index contributed by atoms with van der Waals surface area (Å²) in [7, 11) is 0. The average Bonchev–Trinajstić information content (AvgIpc) is 3.06. The fraction of sp³-hybridized carbons (Fsp3) is 0.828. The molecule has 0 aromatic carbocycles. The summed E-state index contributed by atoms with van der Waals surface area (Å²) in [6.45, 7) is 14.7. The summed E-state index contributed by atoms with van der Waals surface area (Å²) in [4.78, 5) is 12.1. The van der Waals surface area contributed by atoms with Gasteiger partial charge in [-0.1, -0.05) is 65.3 Å². The molecule has 0 heterocycles. The van der Waals surface area contributed by atoms with Gasteiger partial charge in [0.25, 0.3) is 0 Å². The fourth-order valence-corrected chi connectivity index (χ4v) is 8.66. The van der Waals surface area contributed by atoms with Crippen molar-refractivity contribution in [1.29, 1.82) is 0 Å². The quantitative estimate of drug-likeness (QED) is 0.419. The predicted octanol–water partition coefficient (Wildman–Crippen LogP) is 8.01. The molecule has 0 aliphatic heterocycles. The van der Waals surface area contributed by atoms with Crippen LogP contribution in [0.5, 0.6) is 0 Å². The molecule has 4 aliphatic rings. The monoisotopic (exact) mass is 410 g/mol. The van der Waals surface area contributed by atoms with Crippen LogP contribution in [-0.4, -0.2) is 5.78 Å². The van der Waals surface area contributed by atoms with Crippen molar-refractivity contribution in [2.45, 2.75) is 99.3 Å². The molecule has 3 fully saturated rings. The lowest BCUT2D eigenvalue weighted by Crippen LogP contribution is -2.50. The second-order valence-corrected chi connectivity index (χ2v) is 12.3. The molecule has 1 nitrogen and oxygen atoms in total. The highest BCUT2D eigenvalue weighted by atomic mass is 16.1. The van der Waals surface area contributed by atoms with E-state index in [-0.39, 0.29) is 0 Å². The average molecular weight is 411 g/mol. The summed E-state index contributed by atoms with van der Waals surface area (Å²) < 4.78 is 0. The fourth-order valence-electron chi connectivity index (χ4n) is 8.66. The van der Waals surface area contributed by atoms with Crippen LogP contribution >= 0.6 is 0 Å². The lowest BCUT2D eigenvalue weighted by atomic mass is 9.47. The summed E-state index contributed by atoms with van der Waals surface area (Å²) in [6, 6.07) is 0. The Morgan fingerprint density at radius 2 is 1.83 bits per heavy atom. The van der Waals surface area contributed by atoms with E-state index in [9.17, 15) is 4.79 Å². The normalized spacial score (nSPS) is 43.2. The Morgan fingerprint density at radius 1 is 1.07 bits per heavy atom. The van der Waals surface area contributed by atoms with E-state index < -0.39 is 0 Å².